The summed E-state index contributed by atoms with van der Waals surface area (Å²) in [6.45, 7) is 1.38. The molecule has 1 aliphatic rings. The van der Waals surface area contributed by atoms with Gasteiger partial charge in [-0.3, -0.25) is 0 Å². The van der Waals surface area contributed by atoms with Crippen LogP contribution in [-0.4, -0.2) is 42.0 Å². The molecule has 0 N–H and O–H groups in total. The van der Waals surface area contributed by atoms with Crippen molar-refractivity contribution in [2.45, 2.75) is 27.7 Å². The van der Waals surface area contributed by atoms with Crippen molar-refractivity contribution in [2.75, 3.05) is 0 Å². The molecule has 2 atom stereocenters. The molecule has 2 aromatic rings. The molecular weight excluding hydrogens is 555 g/mol. The Kier molecular flexibility index (Phi) is 5.56. The summed E-state index contributed by atoms with van der Waals surface area (Å²) in [6, 6.07) is 2.11. The third-order valence-corrected chi connectivity index (χ3v) is 9.98. The summed E-state index contributed by atoms with van der Waals surface area (Å²) in [6.07, 6.45) is 2.05. The first-order chi connectivity index (χ1) is 13.2. The molecule has 0 aliphatic heterocycles. The van der Waals surface area contributed by atoms with Gasteiger partial charge in [-0.05, 0) is 0 Å². The second kappa shape index (κ2) is 7.18. The summed E-state index contributed by atoms with van der Waals surface area (Å²) in [5.41, 5.74) is -1.38. The van der Waals surface area contributed by atoms with E-state index in [-0.39, 0.29) is 10.9 Å². The van der Waals surface area contributed by atoms with Gasteiger partial charge in [0.25, 0.3) is 0 Å². The SMILES string of the molecule is CC1(S(=O)(=O)n2cc([Se]C(F)(F)F)c3cc(C(F)(F)F)ccc32)C=CC=CC1Br. The molecule has 29 heavy (non-hydrogen) atoms. The van der Waals surface area contributed by atoms with Crippen LogP contribution in [-0.2, 0) is 16.2 Å². The molecule has 3 nitrogen and oxygen atoms in total. The molecule has 0 saturated carbocycles. The molecule has 2 unspecified atom stereocenters. The molecule has 0 spiro atoms. The molecule has 1 aromatic heterocycles. The van der Waals surface area contributed by atoms with E-state index < -0.39 is 55.8 Å². The number of fused-ring (bicyclic) bond motifs is 1. The minimum atomic E-state index is -4.78. The number of benzene rings is 1. The normalized spacial score (nSPS) is 23.1. The topological polar surface area (TPSA) is 39.1 Å². The van der Waals surface area contributed by atoms with Gasteiger partial charge in [-0.2, -0.15) is 0 Å². The predicted molar refractivity (Wildman–Crippen MR) is 102 cm³/mol. The van der Waals surface area contributed by atoms with Crippen LogP contribution in [0.3, 0.4) is 0 Å². The molecule has 0 bridgehead atoms. The monoisotopic (exact) mass is 567 g/mol. The fourth-order valence-electron chi connectivity index (χ4n) is 2.88. The minimum absolute atomic E-state index is 0.233. The van der Waals surface area contributed by atoms with E-state index in [1.54, 1.807) is 12.2 Å². The van der Waals surface area contributed by atoms with E-state index in [0.717, 1.165) is 12.3 Å². The first kappa shape index (κ1) is 22.5. The van der Waals surface area contributed by atoms with Gasteiger partial charge in [-0.1, -0.05) is 0 Å². The molecule has 0 amide bonds. The third kappa shape index (κ3) is 4.04. The van der Waals surface area contributed by atoms with Crippen molar-refractivity contribution in [2.24, 2.45) is 0 Å². The number of hydrogen-bond acceptors (Lipinski definition) is 2. The van der Waals surface area contributed by atoms with Crippen molar-refractivity contribution in [1.29, 1.82) is 0 Å². The summed E-state index contributed by atoms with van der Waals surface area (Å²) in [5, 5.41) is -5.05. The zero-order valence-electron chi connectivity index (χ0n) is 14.4. The van der Waals surface area contributed by atoms with Crippen molar-refractivity contribution in [3.63, 3.8) is 0 Å². The van der Waals surface area contributed by atoms with Crippen LogP contribution in [0.2, 0.25) is 0 Å². The van der Waals surface area contributed by atoms with Crippen LogP contribution >= 0.6 is 15.9 Å². The van der Waals surface area contributed by atoms with Crippen LogP contribution in [0, 0.1) is 0 Å². The van der Waals surface area contributed by atoms with Crippen LogP contribution < -0.4 is 4.46 Å². The fourth-order valence-corrected chi connectivity index (χ4v) is 7.20. The molecule has 0 saturated heterocycles. The van der Waals surface area contributed by atoms with Crippen molar-refractivity contribution in [3.05, 3.63) is 54.3 Å². The Morgan fingerprint density at radius 3 is 2.34 bits per heavy atom. The Morgan fingerprint density at radius 1 is 1.14 bits per heavy atom. The predicted octanol–water partition coefficient (Wildman–Crippen LogP) is 4.34. The van der Waals surface area contributed by atoms with E-state index in [1.165, 1.54) is 19.1 Å². The number of allylic oxidation sites excluding steroid dienone is 3. The Labute approximate surface area is 176 Å². The molecule has 12 heteroatoms. The van der Waals surface area contributed by atoms with E-state index in [2.05, 4.69) is 15.9 Å². The Hall–Kier alpha value is -1.23. The number of rotatable bonds is 3. The van der Waals surface area contributed by atoms with Gasteiger partial charge in [-0.15, -0.1) is 0 Å². The number of alkyl halides is 7. The van der Waals surface area contributed by atoms with E-state index in [0.29, 0.717) is 16.1 Å². The average Bonchev–Trinajstić information content (AvgIpc) is 2.93. The Bertz CT molecular complexity index is 1120. The maximum absolute atomic E-state index is 13.3. The Balaban J connectivity index is 2.28. The number of halogens is 7. The van der Waals surface area contributed by atoms with Crippen LogP contribution in [0.4, 0.5) is 26.3 Å². The van der Waals surface area contributed by atoms with Crippen LogP contribution in [0.15, 0.2) is 48.7 Å². The quantitative estimate of drug-likeness (QED) is 0.315. The van der Waals surface area contributed by atoms with Gasteiger partial charge >= 0.3 is 177 Å². The second-order valence-corrected chi connectivity index (χ2v) is 11.9. The number of nitrogens with zero attached hydrogens (tertiary/aromatic N) is 1. The summed E-state index contributed by atoms with van der Waals surface area (Å²) in [5.74, 6) is 0. The summed E-state index contributed by atoms with van der Waals surface area (Å²) >= 11 is 1.02. The number of aromatic nitrogens is 1. The second-order valence-electron chi connectivity index (χ2n) is 6.40. The van der Waals surface area contributed by atoms with Crippen molar-refractivity contribution >= 4 is 56.3 Å². The van der Waals surface area contributed by atoms with Gasteiger partial charge < -0.3 is 0 Å². The van der Waals surface area contributed by atoms with E-state index in [4.69, 9.17) is 0 Å². The van der Waals surface area contributed by atoms with Gasteiger partial charge in [0.1, 0.15) is 0 Å². The zero-order valence-corrected chi connectivity index (χ0v) is 18.5. The fraction of sp³-hybridized carbons (Fsp3) is 0.294. The molecule has 1 aromatic carbocycles. The summed E-state index contributed by atoms with van der Waals surface area (Å²) in [7, 11) is -4.33. The molecule has 158 valence electrons. The third-order valence-electron chi connectivity index (χ3n) is 4.47. The van der Waals surface area contributed by atoms with Gasteiger partial charge in [-0.25, -0.2) is 0 Å². The van der Waals surface area contributed by atoms with E-state index >= 15 is 0 Å². The maximum atomic E-state index is 13.3. The summed E-state index contributed by atoms with van der Waals surface area (Å²) < 4.78 is 104. The number of hydrogen-bond donors (Lipinski definition) is 0. The molecule has 0 fully saturated rings. The van der Waals surface area contributed by atoms with Crippen LogP contribution in [0.1, 0.15) is 12.5 Å². The first-order valence-corrected chi connectivity index (χ1v) is 12.0. The first-order valence-electron chi connectivity index (χ1n) is 7.90. The molecular formula is C17H12BrF6NO2SSe. The van der Waals surface area contributed by atoms with Gasteiger partial charge in [0, 0.05) is 0 Å². The molecule has 0 radical (unpaired) electrons. The Morgan fingerprint density at radius 2 is 1.79 bits per heavy atom. The van der Waals surface area contributed by atoms with Crippen molar-refractivity contribution in [1.82, 2.24) is 3.97 Å². The van der Waals surface area contributed by atoms with Crippen molar-refractivity contribution in [3.8, 4) is 0 Å². The summed E-state index contributed by atoms with van der Waals surface area (Å²) in [4.78, 5) is -0.687. The van der Waals surface area contributed by atoms with Crippen LogP contribution in [0.5, 0.6) is 0 Å². The molecule has 1 aliphatic carbocycles. The zero-order chi connectivity index (χ0) is 21.8. The van der Waals surface area contributed by atoms with Gasteiger partial charge in [0.05, 0.1) is 0 Å². The average molecular weight is 567 g/mol. The standard InChI is InChI=1S/C17H12BrF6NO2SSe/c1-15(7-3-2-4-14(15)18)28(26,27)25-9-13(29-17(22,23)24)11-8-10(16(19,20)21)5-6-12(11)25/h2-9,14H,1H3. The van der Waals surface area contributed by atoms with E-state index in [1.807, 2.05) is 0 Å². The molecule has 1 heterocycles. The van der Waals surface area contributed by atoms with Crippen LogP contribution in [0.25, 0.3) is 10.9 Å². The van der Waals surface area contributed by atoms with Crippen molar-refractivity contribution < 1.29 is 34.8 Å². The van der Waals surface area contributed by atoms with Gasteiger partial charge in [0.15, 0.2) is 0 Å². The van der Waals surface area contributed by atoms with Gasteiger partial charge in [0.2, 0.25) is 0 Å². The van der Waals surface area contributed by atoms with E-state index in [9.17, 15) is 34.8 Å². The molecule has 3 rings (SSSR count).